The molecule has 88 valence electrons. The highest BCUT2D eigenvalue weighted by atomic mass is 16.5. The van der Waals surface area contributed by atoms with Crippen molar-refractivity contribution >= 4 is 11.8 Å². The van der Waals surface area contributed by atoms with E-state index in [1.54, 1.807) is 0 Å². The summed E-state index contributed by atoms with van der Waals surface area (Å²) in [6, 6.07) is 0. The normalized spacial score (nSPS) is 12.6. The van der Waals surface area contributed by atoms with Crippen LogP contribution in [-0.2, 0) is 14.3 Å². The average Bonchev–Trinajstić information content (AvgIpc) is 2.14. The molecule has 0 aromatic rings. The highest BCUT2D eigenvalue weighted by Crippen LogP contribution is 2.12. The molecule has 0 radical (unpaired) electrons. The van der Waals surface area contributed by atoms with Crippen LogP contribution in [0.4, 0.5) is 0 Å². The number of hydrogen-bond donors (Lipinski definition) is 0. The molecule has 0 aliphatic heterocycles. The number of ether oxygens (including phenoxy) is 1. The van der Waals surface area contributed by atoms with Gasteiger partial charge in [0.05, 0.1) is 0 Å². The van der Waals surface area contributed by atoms with Gasteiger partial charge in [0.1, 0.15) is 0 Å². The molecule has 0 amide bonds. The average molecular weight is 214 g/mol. The van der Waals surface area contributed by atoms with Crippen LogP contribution < -0.4 is 0 Å². The lowest BCUT2D eigenvalue weighted by atomic mass is 9.99. The highest BCUT2D eigenvalue weighted by molar-refractivity contribution is 5.86. The summed E-state index contributed by atoms with van der Waals surface area (Å²) in [5, 5.41) is 0. The van der Waals surface area contributed by atoms with E-state index < -0.39 is 6.10 Å². The fourth-order valence-electron chi connectivity index (χ4n) is 1.41. The van der Waals surface area contributed by atoms with Crippen LogP contribution in [-0.4, -0.2) is 17.9 Å². The van der Waals surface area contributed by atoms with Crippen LogP contribution in [0.1, 0.15) is 53.4 Å². The van der Waals surface area contributed by atoms with Crippen LogP contribution in [0.2, 0.25) is 0 Å². The molecule has 1 atom stereocenters. The molecule has 0 aliphatic rings. The third-order valence-electron chi connectivity index (χ3n) is 2.26. The van der Waals surface area contributed by atoms with E-state index in [1.807, 2.05) is 13.8 Å². The second-order valence-corrected chi connectivity index (χ2v) is 4.15. The van der Waals surface area contributed by atoms with Gasteiger partial charge in [0, 0.05) is 12.8 Å². The molecule has 0 fully saturated rings. The van der Waals surface area contributed by atoms with Crippen LogP contribution in [0.25, 0.3) is 0 Å². The second kappa shape index (κ2) is 7.43. The van der Waals surface area contributed by atoms with Crippen molar-refractivity contribution in [3.05, 3.63) is 0 Å². The van der Waals surface area contributed by atoms with Crippen molar-refractivity contribution in [2.45, 2.75) is 59.5 Å². The van der Waals surface area contributed by atoms with E-state index in [0.29, 0.717) is 6.42 Å². The summed E-state index contributed by atoms with van der Waals surface area (Å²) < 4.78 is 5.03. The number of Topliss-reactive ketones (excluding diaryl/α,β-unsaturated/α-hetero) is 1. The van der Waals surface area contributed by atoms with Crippen molar-refractivity contribution in [2.24, 2.45) is 5.92 Å². The summed E-state index contributed by atoms with van der Waals surface area (Å²) in [5.74, 6) is -0.414. The Balaban J connectivity index is 4.17. The molecule has 0 N–H and O–H groups in total. The molecule has 0 spiro atoms. The van der Waals surface area contributed by atoms with Gasteiger partial charge in [-0.15, -0.1) is 0 Å². The summed E-state index contributed by atoms with van der Waals surface area (Å²) in [7, 11) is 0. The van der Waals surface area contributed by atoms with E-state index in [9.17, 15) is 9.59 Å². The smallest absolute Gasteiger partial charge is 0.303 e. The van der Waals surface area contributed by atoms with Crippen molar-refractivity contribution < 1.29 is 14.3 Å². The molecule has 0 aliphatic carbocycles. The second-order valence-electron chi connectivity index (χ2n) is 4.15. The highest BCUT2D eigenvalue weighted by Gasteiger charge is 2.23. The Labute approximate surface area is 92.2 Å². The van der Waals surface area contributed by atoms with Crippen LogP contribution in [0.15, 0.2) is 0 Å². The van der Waals surface area contributed by atoms with E-state index >= 15 is 0 Å². The fourth-order valence-corrected chi connectivity index (χ4v) is 1.41. The van der Waals surface area contributed by atoms with Crippen molar-refractivity contribution in [1.29, 1.82) is 0 Å². The molecule has 0 rings (SSSR count). The quantitative estimate of drug-likeness (QED) is 0.483. The maximum atomic E-state index is 11.7. The number of carbonyl (C=O) groups excluding carboxylic acids is 2. The van der Waals surface area contributed by atoms with E-state index in [4.69, 9.17) is 4.74 Å². The summed E-state index contributed by atoms with van der Waals surface area (Å²) in [4.78, 5) is 22.5. The van der Waals surface area contributed by atoms with Crippen molar-refractivity contribution in [1.82, 2.24) is 0 Å². The van der Waals surface area contributed by atoms with Gasteiger partial charge < -0.3 is 4.74 Å². The van der Waals surface area contributed by atoms with Gasteiger partial charge in [-0.05, 0) is 12.8 Å². The minimum atomic E-state index is -0.533. The number of rotatable bonds is 7. The molecular weight excluding hydrogens is 192 g/mol. The molecule has 3 heteroatoms. The minimum Gasteiger partial charge on any atom is -0.455 e. The molecule has 0 saturated heterocycles. The van der Waals surface area contributed by atoms with Crippen LogP contribution in [0, 0.1) is 5.92 Å². The van der Waals surface area contributed by atoms with Gasteiger partial charge in [-0.2, -0.15) is 0 Å². The number of unbranched alkanes of at least 4 members (excludes halogenated alkanes) is 2. The molecule has 1 unspecified atom stereocenters. The van der Waals surface area contributed by atoms with Crippen LogP contribution in [0.5, 0.6) is 0 Å². The Kier molecular flexibility index (Phi) is 7.01. The first-order valence-electron chi connectivity index (χ1n) is 5.70. The zero-order valence-electron chi connectivity index (χ0n) is 10.2. The van der Waals surface area contributed by atoms with E-state index in [2.05, 4.69) is 6.92 Å². The molecule has 3 nitrogen and oxygen atoms in total. The van der Waals surface area contributed by atoms with Crippen molar-refractivity contribution in [3.63, 3.8) is 0 Å². The van der Waals surface area contributed by atoms with Gasteiger partial charge in [-0.1, -0.05) is 33.6 Å². The summed E-state index contributed by atoms with van der Waals surface area (Å²) >= 11 is 0. The molecule has 0 aromatic heterocycles. The van der Waals surface area contributed by atoms with Crippen LogP contribution >= 0.6 is 0 Å². The van der Waals surface area contributed by atoms with Crippen molar-refractivity contribution in [2.75, 3.05) is 0 Å². The zero-order chi connectivity index (χ0) is 11.8. The maximum absolute atomic E-state index is 11.7. The third-order valence-corrected chi connectivity index (χ3v) is 2.26. The lowest BCUT2D eigenvalue weighted by Crippen LogP contribution is -2.29. The zero-order valence-corrected chi connectivity index (χ0v) is 10.2. The number of esters is 1. The maximum Gasteiger partial charge on any atom is 0.303 e. The first-order chi connectivity index (χ1) is 6.99. The Hall–Kier alpha value is -0.860. The molecule has 0 aromatic carbocycles. The van der Waals surface area contributed by atoms with E-state index in [-0.39, 0.29) is 17.7 Å². The molecule has 0 saturated carbocycles. The number of carbonyl (C=O) groups is 2. The standard InChI is InChI=1S/C12H22O3/c1-5-6-7-8-11(15-10(4)13)12(14)9(2)3/h9,11H,5-8H2,1-4H3. The summed E-state index contributed by atoms with van der Waals surface area (Å²) in [6.07, 6.45) is 3.23. The van der Waals surface area contributed by atoms with Gasteiger partial charge in [0.25, 0.3) is 0 Å². The SMILES string of the molecule is CCCCCC(OC(C)=O)C(=O)C(C)C. The van der Waals surface area contributed by atoms with Crippen LogP contribution in [0.3, 0.4) is 0 Å². The van der Waals surface area contributed by atoms with E-state index in [1.165, 1.54) is 6.92 Å². The Morgan fingerprint density at radius 3 is 2.20 bits per heavy atom. The molecule has 15 heavy (non-hydrogen) atoms. The number of ketones is 1. The van der Waals surface area contributed by atoms with Crippen molar-refractivity contribution in [3.8, 4) is 0 Å². The summed E-state index contributed by atoms with van der Waals surface area (Å²) in [6.45, 7) is 7.11. The van der Waals surface area contributed by atoms with Gasteiger partial charge in [0.2, 0.25) is 0 Å². The lowest BCUT2D eigenvalue weighted by Gasteiger charge is -2.17. The molecular formula is C12H22O3. The van der Waals surface area contributed by atoms with Gasteiger partial charge in [-0.3, -0.25) is 9.59 Å². The molecule has 0 heterocycles. The van der Waals surface area contributed by atoms with E-state index in [0.717, 1.165) is 19.3 Å². The Morgan fingerprint density at radius 2 is 1.80 bits per heavy atom. The first-order valence-corrected chi connectivity index (χ1v) is 5.70. The predicted octanol–water partition coefficient (Wildman–Crippen LogP) is 2.72. The Morgan fingerprint density at radius 1 is 1.20 bits per heavy atom. The summed E-state index contributed by atoms with van der Waals surface area (Å²) in [5.41, 5.74) is 0. The number of hydrogen-bond acceptors (Lipinski definition) is 3. The first kappa shape index (κ1) is 14.1. The lowest BCUT2D eigenvalue weighted by molar-refractivity contribution is -0.154. The van der Waals surface area contributed by atoms with Gasteiger partial charge >= 0.3 is 5.97 Å². The van der Waals surface area contributed by atoms with Gasteiger partial charge in [-0.25, -0.2) is 0 Å². The topological polar surface area (TPSA) is 43.4 Å². The largest absolute Gasteiger partial charge is 0.455 e. The van der Waals surface area contributed by atoms with Gasteiger partial charge in [0.15, 0.2) is 11.9 Å². The third kappa shape index (κ3) is 6.26. The minimum absolute atomic E-state index is 0.0290. The fraction of sp³-hybridized carbons (Fsp3) is 0.833. The monoisotopic (exact) mass is 214 g/mol. The Bertz CT molecular complexity index is 209. The predicted molar refractivity (Wildman–Crippen MR) is 59.5 cm³/mol. The molecule has 0 bridgehead atoms.